The Morgan fingerprint density at radius 3 is 2.20 bits per heavy atom. The van der Waals surface area contributed by atoms with E-state index in [1.165, 1.54) is 4.31 Å². The zero-order valence-electron chi connectivity index (χ0n) is 9.56. The van der Waals surface area contributed by atoms with Gasteiger partial charge in [-0.3, -0.25) is 0 Å². The molecule has 1 N–H and O–H groups in total. The fourth-order valence-corrected chi connectivity index (χ4v) is 2.75. The van der Waals surface area contributed by atoms with Crippen molar-refractivity contribution in [2.45, 2.75) is 26.8 Å². The number of nitrogens with one attached hydrogen (secondary N) is 1. The molecule has 15 heavy (non-hydrogen) atoms. The van der Waals surface area contributed by atoms with Gasteiger partial charge in [0.15, 0.2) is 0 Å². The number of hydrogen-bond acceptors (Lipinski definition) is 3. The third-order valence-electron chi connectivity index (χ3n) is 2.64. The first-order valence-electron chi connectivity index (χ1n) is 5.28. The summed E-state index contributed by atoms with van der Waals surface area (Å²) in [7, 11) is -3.32. The second kappa shape index (κ2) is 5.25. The third-order valence-corrected chi connectivity index (χ3v) is 4.36. The molecule has 0 radical (unpaired) electrons. The lowest BCUT2D eigenvalue weighted by Gasteiger charge is -2.28. The van der Waals surface area contributed by atoms with Gasteiger partial charge in [0.25, 0.3) is 10.2 Å². The van der Waals surface area contributed by atoms with E-state index >= 15 is 0 Å². The Labute approximate surface area is 92.0 Å². The lowest BCUT2D eigenvalue weighted by molar-refractivity contribution is 0.0722. The molecule has 1 aliphatic rings. The Kier molecular flexibility index (Phi) is 4.51. The SMILES string of the molecule is CC(C)C(C)NS(=O)(=O)N1CCOCC1. The number of ether oxygens (including phenoxy) is 1. The van der Waals surface area contributed by atoms with Gasteiger partial charge in [-0.05, 0) is 12.8 Å². The molecule has 1 atom stereocenters. The minimum absolute atomic E-state index is 0.0437. The van der Waals surface area contributed by atoms with Crippen molar-refractivity contribution in [2.24, 2.45) is 5.92 Å². The summed E-state index contributed by atoms with van der Waals surface area (Å²) in [6.07, 6.45) is 0. The fraction of sp³-hybridized carbons (Fsp3) is 1.00. The molecule has 1 unspecified atom stereocenters. The largest absolute Gasteiger partial charge is 0.379 e. The summed E-state index contributed by atoms with van der Waals surface area (Å²) < 4.78 is 32.9. The first-order valence-corrected chi connectivity index (χ1v) is 6.72. The van der Waals surface area contributed by atoms with Crippen molar-refractivity contribution >= 4 is 10.2 Å². The highest BCUT2D eigenvalue weighted by Crippen LogP contribution is 2.07. The molecule has 0 aromatic carbocycles. The van der Waals surface area contributed by atoms with E-state index < -0.39 is 10.2 Å². The minimum atomic E-state index is -3.32. The highest BCUT2D eigenvalue weighted by atomic mass is 32.2. The van der Waals surface area contributed by atoms with Crippen LogP contribution in [0, 0.1) is 5.92 Å². The lowest BCUT2D eigenvalue weighted by atomic mass is 10.1. The van der Waals surface area contributed by atoms with Crippen LogP contribution in [0.3, 0.4) is 0 Å². The van der Waals surface area contributed by atoms with E-state index in [4.69, 9.17) is 4.74 Å². The van der Waals surface area contributed by atoms with E-state index in [0.717, 1.165) is 0 Å². The standard InChI is InChI=1S/C9H20N2O3S/c1-8(2)9(3)10-15(12,13)11-4-6-14-7-5-11/h8-10H,4-7H2,1-3H3. The molecule has 1 fully saturated rings. The Bertz CT molecular complexity index is 284. The molecule has 0 aromatic rings. The minimum Gasteiger partial charge on any atom is -0.379 e. The summed E-state index contributed by atoms with van der Waals surface area (Å²) in [4.78, 5) is 0. The van der Waals surface area contributed by atoms with Crippen molar-refractivity contribution in [1.29, 1.82) is 0 Å². The highest BCUT2D eigenvalue weighted by Gasteiger charge is 2.26. The second-order valence-corrected chi connectivity index (χ2v) is 5.87. The van der Waals surface area contributed by atoms with Crippen LogP contribution in [0.2, 0.25) is 0 Å². The van der Waals surface area contributed by atoms with Gasteiger partial charge in [0.2, 0.25) is 0 Å². The van der Waals surface area contributed by atoms with Crippen molar-refractivity contribution in [1.82, 2.24) is 9.03 Å². The van der Waals surface area contributed by atoms with E-state index in [0.29, 0.717) is 32.2 Å². The van der Waals surface area contributed by atoms with E-state index in [2.05, 4.69) is 4.72 Å². The molecule has 0 aromatic heterocycles. The maximum absolute atomic E-state index is 11.9. The Morgan fingerprint density at radius 2 is 1.73 bits per heavy atom. The zero-order chi connectivity index (χ0) is 11.5. The summed E-state index contributed by atoms with van der Waals surface area (Å²) in [6, 6.07) is -0.0437. The van der Waals surface area contributed by atoms with Gasteiger partial charge in [-0.15, -0.1) is 0 Å². The van der Waals surface area contributed by atoms with Gasteiger partial charge in [0, 0.05) is 19.1 Å². The van der Waals surface area contributed by atoms with Crippen LogP contribution in [-0.2, 0) is 14.9 Å². The van der Waals surface area contributed by atoms with Gasteiger partial charge >= 0.3 is 0 Å². The molecule has 0 saturated carbocycles. The average Bonchev–Trinajstić information content (AvgIpc) is 2.18. The third kappa shape index (κ3) is 3.71. The maximum Gasteiger partial charge on any atom is 0.279 e. The molecule has 5 nitrogen and oxygen atoms in total. The van der Waals surface area contributed by atoms with Crippen LogP contribution in [0.15, 0.2) is 0 Å². The van der Waals surface area contributed by atoms with Crippen LogP contribution in [0.1, 0.15) is 20.8 Å². The fourth-order valence-electron chi connectivity index (χ4n) is 1.23. The number of rotatable bonds is 4. The summed E-state index contributed by atoms with van der Waals surface area (Å²) in [6.45, 7) is 7.72. The molecule has 0 bridgehead atoms. The van der Waals surface area contributed by atoms with E-state index in [9.17, 15) is 8.42 Å². The smallest absolute Gasteiger partial charge is 0.279 e. The normalized spacial score (nSPS) is 21.9. The molecule has 1 rings (SSSR count). The van der Waals surface area contributed by atoms with Crippen LogP contribution < -0.4 is 4.72 Å². The van der Waals surface area contributed by atoms with Crippen LogP contribution >= 0.6 is 0 Å². The Hall–Kier alpha value is -0.170. The summed E-state index contributed by atoms with van der Waals surface area (Å²) in [5.41, 5.74) is 0. The number of nitrogens with zero attached hydrogens (tertiary/aromatic N) is 1. The molecule has 1 saturated heterocycles. The van der Waals surface area contributed by atoms with Crippen molar-refractivity contribution in [3.63, 3.8) is 0 Å². The highest BCUT2D eigenvalue weighted by molar-refractivity contribution is 7.87. The molecule has 0 spiro atoms. The predicted molar refractivity (Wildman–Crippen MR) is 58.7 cm³/mol. The van der Waals surface area contributed by atoms with Crippen LogP contribution in [0.4, 0.5) is 0 Å². The lowest BCUT2D eigenvalue weighted by Crippen LogP contribution is -2.49. The Balaban J connectivity index is 2.57. The van der Waals surface area contributed by atoms with Crippen molar-refractivity contribution in [3.05, 3.63) is 0 Å². The molecule has 1 heterocycles. The second-order valence-electron chi connectivity index (χ2n) is 4.17. The van der Waals surface area contributed by atoms with Gasteiger partial charge in [-0.2, -0.15) is 17.4 Å². The first kappa shape index (κ1) is 12.9. The van der Waals surface area contributed by atoms with Gasteiger partial charge in [-0.25, -0.2) is 0 Å². The zero-order valence-corrected chi connectivity index (χ0v) is 10.4. The van der Waals surface area contributed by atoms with Crippen LogP contribution in [0.5, 0.6) is 0 Å². The maximum atomic E-state index is 11.9. The molecule has 1 aliphatic heterocycles. The summed E-state index contributed by atoms with van der Waals surface area (Å²) >= 11 is 0. The topological polar surface area (TPSA) is 58.6 Å². The van der Waals surface area contributed by atoms with Crippen LogP contribution in [-0.4, -0.2) is 45.1 Å². The molecular weight excluding hydrogens is 216 g/mol. The van der Waals surface area contributed by atoms with Crippen molar-refractivity contribution < 1.29 is 13.2 Å². The van der Waals surface area contributed by atoms with Gasteiger partial charge in [0.05, 0.1) is 13.2 Å². The van der Waals surface area contributed by atoms with E-state index in [-0.39, 0.29) is 6.04 Å². The van der Waals surface area contributed by atoms with Gasteiger partial charge < -0.3 is 4.74 Å². The molecular formula is C9H20N2O3S. The number of hydrogen-bond donors (Lipinski definition) is 1. The van der Waals surface area contributed by atoms with Crippen LogP contribution in [0.25, 0.3) is 0 Å². The van der Waals surface area contributed by atoms with E-state index in [1.54, 1.807) is 0 Å². The summed E-state index contributed by atoms with van der Waals surface area (Å²) in [5.74, 6) is 0.292. The quantitative estimate of drug-likeness (QED) is 0.758. The monoisotopic (exact) mass is 236 g/mol. The first-order chi connectivity index (χ1) is 6.93. The van der Waals surface area contributed by atoms with E-state index in [1.807, 2.05) is 20.8 Å². The van der Waals surface area contributed by atoms with Crippen molar-refractivity contribution in [2.75, 3.05) is 26.3 Å². The molecule has 0 amide bonds. The predicted octanol–water partition coefficient (Wildman–Crippen LogP) is 0.198. The molecule has 6 heteroatoms. The van der Waals surface area contributed by atoms with Gasteiger partial charge in [0.1, 0.15) is 0 Å². The average molecular weight is 236 g/mol. The number of morpholine rings is 1. The molecule has 0 aliphatic carbocycles. The Morgan fingerprint density at radius 1 is 1.20 bits per heavy atom. The summed E-state index contributed by atoms with van der Waals surface area (Å²) in [5, 5.41) is 0. The van der Waals surface area contributed by atoms with Crippen molar-refractivity contribution in [3.8, 4) is 0 Å². The molecule has 90 valence electrons. The van der Waals surface area contributed by atoms with Gasteiger partial charge in [-0.1, -0.05) is 13.8 Å².